The number of nitrogens with one attached hydrogen (secondary N) is 1. The van der Waals surface area contributed by atoms with E-state index < -0.39 is 21.7 Å². The third-order valence-electron chi connectivity index (χ3n) is 3.99. The van der Waals surface area contributed by atoms with Gasteiger partial charge in [0.1, 0.15) is 5.82 Å². The maximum atomic E-state index is 12.9. The molecule has 1 aliphatic heterocycles. The fourth-order valence-corrected chi connectivity index (χ4v) is 4.40. The minimum absolute atomic E-state index is 0.0306. The molecular formula is C17H16ClFN2O3S. The summed E-state index contributed by atoms with van der Waals surface area (Å²) in [6.45, 7) is 0.949. The third-order valence-corrected chi connectivity index (χ3v) is 6.21. The molecule has 1 saturated heterocycles. The van der Waals surface area contributed by atoms with Crippen LogP contribution in [0, 0.1) is 5.82 Å². The van der Waals surface area contributed by atoms with Gasteiger partial charge >= 0.3 is 0 Å². The van der Waals surface area contributed by atoms with Crippen LogP contribution in [0.1, 0.15) is 23.2 Å². The van der Waals surface area contributed by atoms with Crippen LogP contribution in [0.5, 0.6) is 0 Å². The molecule has 0 aromatic heterocycles. The summed E-state index contributed by atoms with van der Waals surface area (Å²) in [6.07, 6.45) is 1.65. The summed E-state index contributed by atoms with van der Waals surface area (Å²) < 4.78 is 39.6. The highest BCUT2D eigenvalue weighted by atomic mass is 35.5. The smallest absolute Gasteiger partial charge is 0.257 e. The van der Waals surface area contributed by atoms with E-state index in [1.54, 1.807) is 0 Å². The Morgan fingerprint density at radius 1 is 1.08 bits per heavy atom. The summed E-state index contributed by atoms with van der Waals surface area (Å²) >= 11 is 6.06. The van der Waals surface area contributed by atoms with Crippen LogP contribution < -0.4 is 5.32 Å². The van der Waals surface area contributed by atoms with Crippen LogP contribution in [0.3, 0.4) is 0 Å². The van der Waals surface area contributed by atoms with Gasteiger partial charge < -0.3 is 5.32 Å². The zero-order valence-electron chi connectivity index (χ0n) is 13.2. The van der Waals surface area contributed by atoms with Gasteiger partial charge in [0.05, 0.1) is 15.5 Å². The van der Waals surface area contributed by atoms with E-state index in [0.29, 0.717) is 18.8 Å². The van der Waals surface area contributed by atoms with Gasteiger partial charge in [-0.25, -0.2) is 12.8 Å². The van der Waals surface area contributed by atoms with Crippen LogP contribution in [0.15, 0.2) is 47.4 Å². The van der Waals surface area contributed by atoms with Gasteiger partial charge in [0.2, 0.25) is 10.0 Å². The summed E-state index contributed by atoms with van der Waals surface area (Å²) in [4.78, 5) is 12.5. The fraction of sp³-hybridized carbons (Fsp3) is 0.235. The molecule has 2 aromatic rings. The molecule has 0 spiro atoms. The molecule has 3 rings (SSSR count). The van der Waals surface area contributed by atoms with Crippen molar-refractivity contribution in [3.8, 4) is 0 Å². The van der Waals surface area contributed by atoms with Crippen molar-refractivity contribution in [3.05, 3.63) is 58.9 Å². The minimum Gasteiger partial charge on any atom is -0.322 e. The number of halogens is 2. The van der Waals surface area contributed by atoms with E-state index >= 15 is 0 Å². The summed E-state index contributed by atoms with van der Waals surface area (Å²) in [5, 5.41) is 2.71. The number of benzene rings is 2. The number of amides is 1. The molecule has 1 fully saturated rings. The molecule has 0 atom stereocenters. The van der Waals surface area contributed by atoms with Gasteiger partial charge in [-0.1, -0.05) is 11.6 Å². The molecule has 2 aromatic carbocycles. The van der Waals surface area contributed by atoms with E-state index in [2.05, 4.69) is 5.32 Å². The molecule has 1 aliphatic rings. The van der Waals surface area contributed by atoms with Crippen LogP contribution in [0.25, 0.3) is 0 Å². The van der Waals surface area contributed by atoms with E-state index in [-0.39, 0.29) is 15.5 Å². The average Bonchev–Trinajstić information content (AvgIpc) is 3.12. The molecule has 0 unspecified atom stereocenters. The average molecular weight is 383 g/mol. The first-order chi connectivity index (χ1) is 11.9. The van der Waals surface area contributed by atoms with Crippen molar-refractivity contribution in [3.63, 3.8) is 0 Å². The van der Waals surface area contributed by atoms with Crippen LogP contribution in [0.4, 0.5) is 10.1 Å². The van der Waals surface area contributed by atoms with Gasteiger partial charge in [0.15, 0.2) is 0 Å². The molecule has 5 nitrogen and oxygen atoms in total. The molecule has 0 radical (unpaired) electrons. The lowest BCUT2D eigenvalue weighted by Crippen LogP contribution is -2.28. The topological polar surface area (TPSA) is 66.5 Å². The van der Waals surface area contributed by atoms with Gasteiger partial charge in [0.25, 0.3) is 5.91 Å². The maximum Gasteiger partial charge on any atom is 0.257 e. The summed E-state index contributed by atoms with van der Waals surface area (Å²) in [7, 11) is -3.64. The van der Waals surface area contributed by atoms with Crippen LogP contribution in [0.2, 0.25) is 5.02 Å². The van der Waals surface area contributed by atoms with Gasteiger partial charge in [-0.05, 0) is 55.3 Å². The number of carbonyl (C=O) groups excluding carboxylic acids is 1. The van der Waals surface area contributed by atoms with E-state index in [4.69, 9.17) is 11.6 Å². The van der Waals surface area contributed by atoms with Crippen molar-refractivity contribution in [1.82, 2.24) is 4.31 Å². The Labute approximate surface area is 150 Å². The quantitative estimate of drug-likeness (QED) is 0.879. The van der Waals surface area contributed by atoms with E-state index in [1.807, 2.05) is 0 Å². The first-order valence-electron chi connectivity index (χ1n) is 7.74. The molecule has 1 heterocycles. The number of carbonyl (C=O) groups is 1. The van der Waals surface area contributed by atoms with E-state index in [9.17, 15) is 17.6 Å². The Bertz CT molecular complexity index is 895. The minimum atomic E-state index is -3.64. The second-order valence-corrected chi connectivity index (χ2v) is 8.06. The van der Waals surface area contributed by atoms with Gasteiger partial charge in [-0.3, -0.25) is 4.79 Å². The number of anilines is 1. The van der Waals surface area contributed by atoms with Gasteiger partial charge in [0, 0.05) is 18.8 Å². The zero-order valence-corrected chi connectivity index (χ0v) is 14.8. The Kier molecular flexibility index (Phi) is 5.08. The molecule has 0 bridgehead atoms. The molecular weight excluding hydrogens is 367 g/mol. The monoisotopic (exact) mass is 382 g/mol. The second-order valence-electron chi connectivity index (χ2n) is 5.71. The highest BCUT2D eigenvalue weighted by Crippen LogP contribution is 2.26. The zero-order chi connectivity index (χ0) is 18.0. The Morgan fingerprint density at radius 3 is 2.36 bits per heavy atom. The molecule has 0 aliphatic carbocycles. The van der Waals surface area contributed by atoms with Gasteiger partial charge in [-0.2, -0.15) is 4.31 Å². The van der Waals surface area contributed by atoms with Crippen molar-refractivity contribution < 1.29 is 17.6 Å². The lowest BCUT2D eigenvalue weighted by atomic mass is 10.2. The third kappa shape index (κ3) is 3.84. The van der Waals surface area contributed by atoms with Crippen molar-refractivity contribution in [2.75, 3.05) is 18.4 Å². The van der Waals surface area contributed by atoms with E-state index in [1.165, 1.54) is 46.8 Å². The maximum absolute atomic E-state index is 12.9. The summed E-state index contributed by atoms with van der Waals surface area (Å²) in [6, 6.07) is 9.30. The largest absolute Gasteiger partial charge is 0.322 e. The highest BCUT2D eigenvalue weighted by Gasteiger charge is 2.28. The molecule has 132 valence electrons. The predicted octanol–water partition coefficient (Wildman–Crippen LogP) is 3.52. The van der Waals surface area contributed by atoms with Crippen LogP contribution in [-0.2, 0) is 10.0 Å². The molecule has 1 N–H and O–H groups in total. The number of nitrogens with zero attached hydrogens (tertiary/aromatic N) is 1. The number of hydrogen-bond donors (Lipinski definition) is 1. The van der Waals surface area contributed by atoms with Crippen molar-refractivity contribution >= 4 is 33.2 Å². The second kappa shape index (κ2) is 7.11. The number of rotatable bonds is 4. The van der Waals surface area contributed by atoms with Crippen LogP contribution in [-0.4, -0.2) is 31.7 Å². The Morgan fingerprint density at radius 2 is 1.72 bits per heavy atom. The Balaban J connectivity index is 1.88. The van der Waals surface area contributed by atoms with Crippen molar-refractivity contribution in [2.24, 2.45) is 0 Å². The normalized spacial score (nSPS) is 15.3. The summed E-state index contributed by atoms with van der Waals surface area (Å²) in [5.41, 5.74) is 0.432. The van der Waals surface area contributed by atoms with E-state index in [0.717, 1.165) is 12.8 Å². The van der Waals surface area contributed by atoms with Crippen LogP contribution >= 0.6 is 11.6 Å². The highest BCUT2D eigenvalue weighted by molar-refractivity contribution is 7.89. The molecule has 0 saturated carbocycles. The Hall–Kier alpha value is -1.96. The summed E-state index contributed by atoms with van der Waals surface area (Å²) in [5.74, 6) is -0.982. The SMILES string of the molecule is O=C(Nc1ccc(F)cc1)c1cc(S(=O)(=O)N2CCCC2)ccc1Cl. The predicted molar refractivity (Wildman–Crippen MR) is 93.8 cm³/mol. The first kappa shape index (κ1) is 17.8. The molecule has 1 amide bonds. The van der Waals surface area contributed by atoms with Crippen molar-refractivity contribution in [1.29, 1.82) is 0 Å². The fourth-order valence-electron chi connectivity index (χ4n) is 2.65. The standard InChI is InChI=1S/C17H16ClFN2O3S/c18-16-8-7-14(25(23,24)21-9-1-2-10-21)11-15(16)17(22)20-13-5-3-12(19)4-6-13/h3-8,11H,1-2,9-10H2,(H,20,22). The molecule has 8 heteroatoms. The number of hydrogen-bond acceptors (Lipinski definition) is 3. The first-order valence-corrected chi connectivity index (χ1v) is 9.56. The number of sulfonamides is 1. The lowest BCUT2D eigenvalue weighted by molar-refractivity contribution is 0.102. The molecule has 25 heavy (non-hydrogen) atoms. The lowest BCUT2D eigenvalue weighted by Gasteiger charge is -2.16. The van der Waals surface area contributed by atoms with Crippen molar-refractivity contribution in [2.45, 2.75) is 17.7 Å². The van der Waals surface area contributed by atoms with Gasteiger partial charge in [-0.15, -0.1) is 0 Å².